The standard InChI is InChI=1S/C23H20N8O8S2/c24-19(32)12-3-1-5-14(9-12)26-21-29-22(27-15-6-2-4-13(10-15)20(25)33)31-23(30-21)28-17-8-7-16(40(34,35)36)11-18(17)41(37,38)39/h1-11H,(H2,24,32)(H2,25,33)(H,34,35,36)(H,37,38,39)(H3,26,27,28,29,30,31). The van der Waals surface area contributed by atoms with E-state index in [1.54, 1.807) is 24.3 Å². The number of hydrogen-bond acceptors (Lipinski definition) is 12. The van der Waals surface area contributed by atoms with Crippen LogP contribution in [0.25, 0.3) is 0 Å². The van der Waals surface area contributed by atoms with Gasteiger partial charge in [-0.15, -0.1) is 0 Å². The molecule has 41 heavy (non-hydrogen) atoms. The molecular weight excluding hydrogens is 580 g/mol. The van der Waals surface area contributed by atoms with E-state index in [1.165, 1.54) is 24.3 Å². The fourth-order valence-electron chi connectivity index (χ4n) is 3.40. The molecule has 0 bridgehead atoms. The molecule has 0 aliphatic carbocycles. The Hall–Kier alpha value is -5.17. The molecule has 4 aromatic rings. The lowest BCUT2D eigenvalue weighted by molar-refractivity contribution is 0.0992. The number of carbonyl (C=O) groups is 2. The van der Waals surface area contributed by atoms with Crippen molar-refractivity contribution in [1.29, 1.82) is 0 Å². The molecule has 0 aliphatic heterocycles. The Labute approximate surface area is 232 Å². The molecule has 0 aliphatic rings. The fourth-order valence-corrected chi connectivity index (χ4v) is 4.66. The molecule has 1 heterocycles. The van der Waals surface area contributed by atoms with E-state index in [0.29, 0.717) is 17.4 Å². The lowest BCUT2D eigenvalue weighted by atomic mass is 10.2. The maximum Gasteiger partial charge on any atom is 0.296 e. The number of nitrogens with one attached hydrogen (secondary N) is 3. The minimum atomic E-state index is -5.01. The van der Waals surface area contributed by atoms with E-state index < -0.39 is 41.8 Å². The van der Waals surface area contributed by atoms with Crippen LogP contribution >= 0.6 is 0 Å². The summed E-state index contributed by atoms with van der Waals surface area (Å²) >= 11 is 0. The van der Waals surface area contributed by atoms with Crippen LogP contribution in [0.3, 0.4) is 0 Å². The van der Waals surface area contributed by atoms with E-state index in [-0.39, 0.29) is 34.7 Å². The van der Waals surface area contributed by atoms with E-state index in [4.69, 9.17) is 11.5 Å². The lowest BCUT2D eigenvalue weighted by Crippen LogP contribution is -2.12. The number of hydrogen-bond donors (Lipinski definition) is 7. The summed E-state index contributed by atoms with van der Waals surface area (Å²) in [6.45, 7) is 0. The van der Waals surface area contributed by atoms with Crippen LogP contribution in [-0.4, -0.2) is 52.7 Å². The number of aromatic nitrogens is 3. The molecular formula is C23H20N8O8S2. The van der Waals surface area contributed by atoms with Crippen molar-refractivity contribution in [2.45, 2.75) is 9.79 Å². The Bertz CT molecular complexity index is 1820. The molecule has 0 saturated heterocycles. The predicted octanol–water partition coefficient (Wildman–Crippen LogP) is 1.79. The zero-order valence-corrected chi connectivity index (χ0v) is 22.1. The number of carbonyl (C=O) groups excluding carboxylic acids is 2. The van der Waals surface area contributed by atoms with Gasteiger partial charge >= 0.3 is 0 Å². The van der Waals surface area contributed by atoms with Crippen LogP contribution in [0.4, 0.5) is 34.9 Å². The SMILES string of the molecule is NC(=O)c1cccc(Nc2nc(Nc3cccc(C(N)=O)c3)nc(Nc3ccc(S(=O)(=O)O)cc3S(=O)(=O)O)n2)c1. The molecule has 1 aromatic heterocycles. The second-order valence-corrected chi connectivity index (χ2v) is 11.0. The second-order valence-electron chi connectivity index (χ2n) is 8.18. The van der Waals surface area contributed by atoms with Gasteiger partial charge in [0.25, 0.3) is 20.2 Å². The predicted molar refractivity (Wildman–Crippen MR) is 146 cm³/mol. The first-order valence-corrected chi connectivity index (χ1v) is 14.0. The Morgan fingerprint density at radius 3 is 1.51 bits per heavy atom. The Morgan fingerprint density at radius 1 is 0.634 bits per heavy atom. The number of primary amides is 2. The van der Waals surface area contributed by atoms with Crippen LogP contribution in [-0.2, 0) is 20.2 Å². The molecule has 2 amide bonds. The summed E-state index contributed by atoms with van der Waals surface area (Å²) in [4.78, 5) is 34.0. The van der Waals surface area contributed by atoms with Crippen molar-refractivity contribution >= 4 is 67.0 Å². The monoisotopic (exact) mass is 600 g/mol. The van der Waals surface area contributed by atoms with Crippen molar-refractivity contribution < 1.29 is 35.5 Å². The maximum atomic E-state index is 12.0. The molecule has 3 aromatic carbocycles. The molecule has 0 unspecified atom stereocenters. The summed E-state index contributed by atoms with van der Waals surface area (Å²) in [6, 6.07) is 14.5. The summed E-state index contributed by atoms with van der Waals surface area (Å²) in [5.74, 6) is -1.92. The Morgan fingerprint density at radius 2 is 1.10 bits per heavy atom. The van der Waals surface area contributed by atoms with Crippen molar-refractivity contribution in [1.82, 2.24) is 15.0 Å². The third-order valence-electron chi connectivity index (χ3n) is 5.22. The van der Waals surface area contributed by atoms with E-state index in [9.17, 15) is 35.5 Å². The van der Waals surface area contributed by atoms with Gasteiger partial charge in [0.1, 0.15) is 4.90 Å². The molecule has 0 fully saturated rings. The molecule has 0 radical (unpaired) electrons. The highest BCUT2D eigenvalue weighted by atomic mass is 32.2. The summed E-state index contributed by atoms with van der Waals surface area (Å²) in [5.41, 5.74) is 11.4. The normalized spacial score (nSPS) is 11.5. The van der Waals surface area contributed by atoms with Crippen LogP contribution in [0, 0.1) is 0 Å². The average Bonchev–Trinajstić information content (AvgIpc) is 2.88. The molecule has 4 rings (SSSR count). The van der Waals surface area contributed by atoms with Gasteiger partial charge in [0, 0.05) is 22.5 Å². The van der Waals surface area contributed by atoms with Gasteiger partial charge in [0.2, 0.25) is 29.7 Å². The van der Waals surface area contributed by atoms with E-state index in [1.807, 2.05) is 0 Å². The summed E-state index contributed by atoms with van der Waals surface area (Å²) in [5, 5.41) is 8.27. The zero-order valence-electron chi connectivity index (χ0n) is 20.5. The summed E-state index contributed by atoms with van der Waals surface area (Å²) in [6.07, 6.45) is 0. The first kappa shape index (κ1) is 28.8. The number of amides is 2. The van der Waals surface area contributed by atoms with Crippen LogP contribution in [0.1, 0.15) is 20.7 Å². The van der Waals surface area contributed by atoms with Gasteiger partial charge in [-0.2, -0.15) is 31.8 Å². The number of benzene rings is 3. The Kier molecular flexibility index (Phi) is 7.83. The van der Waals surface area contributed by atoms with Gasteiger partial charge < -0.3 is 27.4 Å². The number of anilines is 6. The van der Waals surface area contributed by atoms with Crippen LogP contribution in [0.15, 0.2) is 76.5 Å². The van der Waals surface area contributed by atoms with Crippen LogP contribution in [0.5, 0.6) is 0 Å². The largest absolute Gasteiger partial charge is 0.366 e. The summed E-state index contributed by atoms with van der Waals surface area (Å²) in [7, 11) is -9.82. The molecule has 0 atom stereocenters. The number of nitrogens with zero attached hydrogens (tertiary/aromatic N) is 3. The van der Waals surface area contributed by atoms with Gasteiger partial charge in [0.05, 0.1) is 10.6 Å². The van der Waals surface area contributed by atoms with Crippen molar-refractivity contribution in [2.24, 2.45) is 11.5 Å². The molecule has 9 N–H and O–H groups in total. The number of rotatable bonds is 10. The van der Waals surface area contributed by atoms with E-state index in [2.05, 4.69) is 30.9 Å². The van der Waals surface area contributed by atoms with E-state index in [0.717, 1.165) is 12.1 Å². The van der Waals surface area contributed by atoms with E-state index >= 15 is 0 Å². The van der Waals surface area contributed by atoms with Crippen molar-refractivity contribution in [2.75, 3.05) is 16.0 Å². The first-order chi connectivity index (χ1) is 19.2. The second kappa shape index (κ2) is 11.1. The molecule has 18 heteroatoms. The van der Waals surface area contributed by atoms with Gasteiger partial charge in [-0.05, 0) is 54.6 Å². The van der Waals surface area contributed by atoms with Gasteiger partial charge in [-0.3, -0.25) is 18.7 Å². The smallest absolute Gasteiger partial charge is 0.296 e. The third kappa shape index (κ3) is 7.28. The highest BCUT2D eigenvalue weighted by Crippen LogP contribution is 2.28. The van der Waals surface area contributed by atoms with Gasteiger partial charge in [0.15, 0.2) is 0 Å². The number of nitrogens with two attached hydrogens (primary N) is 2. The highest BCUT2D eigenvalue weighted by Gasteiger charge is 2.22. The minimum Gasteiger partial charge on any atom is -0.366 e. The molecule has 0 saturated carbocycles. The van der Waals surface area contributed by atoms with Gasteiger partial charge in [-0.25, -0.2) is 0 Å². The maximum absolute atomic E-state index is 12.0. The molecule has 212 valence electrons. The van der Waals surface area contributed by atoms with Crippen LogP contribution in [0.2, 0.25) is 0 Å². The quantitative estimate of drug-likeness (QED) is 0.128. The van der Waals surface area contributed by atoms with Crippen LogP contribution < -0.4 is 27.4 Å². The van der Waals surface area contributed by atoms with Crippen molar-refractivity contribution in [3.63, 3.8) is 0 Å². The molecule has 0 spiro atoms. The highest BCUT2D eigenvalue weighted by molar-refractivity contribution is 7.86. The Balaban J connectivity index is 1.79. The fraction of sp³-hybridized carbons (Fsp3) is 0. The lowest BCUT2D eigenvalue weighted by Gasteiger charge is -2.14. The zero-order chi connectivity index (χ0) is 29.9. The van der Waals surface area contributed by atoms with Crippen molar-refractivity contribution in [3.8, 4) is 0 Å². The summed E-state index contributed by atoms with van der Waals surface area (Å²) < 4.78 is 66.0. The van der Waals surface area contributed by atoms with Gasteiger partial charge in [-0.1, -0.05) is 12.1 Å². The third-order valence-corrected chi connectivity index (χ3v) is 6.96. The average molecular weight is 601 g/mol. The molecule has 16 nitrogen and oxygen atoms in total. The van der Waals surface area contributed by atoms with Crippen molar-refractivity contribution in [3.05, 3.63) is 77.9 Å². The minimum absolute atomic E-state index is 0.124. The first-order valence-electron chi connectivity index (χ1n) is 11.1. The topological polar surface area (TPSA) is 270 Å².